The van der Waals surface area contributed by atoms with Gasteiger partial charge >= 0.3 is 0 Å². The molecule has 1 aliphatic rings. The molecule has 0 amide bonds. The van der Waals surface area contributed by atoms with Crippen molar-refractivity contribution >= 4 is 23.5 Å². The predicted octanol–water partition coefficient (Wildman–Crippen LogP) is 7.50. The molecule has 128 valence electrons. The number of benzene rings is 2. The van der Waals surface area contributed by atoms with Gasteiger partial charge < -0.3 is 0 Å². The number of rotatable bonds is 4. The summed E-state index contributed by atoms with van der Waals surface area (Å²) in [5, 5.41) is 0. The Bertz CT molecular complexity index is 577. The molecule has 2 heteroatoms. The van der Waals surface area contributed by atoms with Gasteiger partial charge in [0.15, 0.2) is 0 Å². The Morgan fingerprint density at radius 3 is 1.54 bits per heavy atom. The molecule has 24 heavy (non-hydrogen) atoms. The monoisotopic (exact) mass is 356 g/mol. The van der Waals surface area contributed by atoms with Crippen molar-refractivity contribution in [1.82, 2.24) is 0 Å². The van der Waals surface area contributed by atoms with Gasteiger partial charge in [0.2, 0.25) is 0 Å². The van der Waals surface area contributed by atoms with Crippen LogP contribution in [0.25, 0.3) is 0 Å². The van der Waals surface area contributed by atoms with Gasteiger partial charge in [-0.15, -0.1) is 23.5 Å². The summed E-state index contributed by atoms with van der Waals surface area (Å²) in [7, 11) is 0. The Hall–Kier alpha value is -0.860. The summed E-state index contributed by atoms with van der Waals surface area (Å²) in [5.41, 5.74) is 0.432. The van der Waals surface area contributed by atoms with Crippen LogP contribution >= 0.6 is 23.5 Å². The van der Waals surface area contributed by atoms with Gasteiger partial charge in [0.05, 0.1) is 4.08 Å². The van der Waals surface area contributed by atoms with Crippen molar-refractivity contribution < 1.29 is 0 Å². The quantitative estimate of drug-likeness (QED) is 0.520. The van der Waals surface area contributed by atoms with Gasteiger partial charge in [-0.25, -0.2) is 0 Å². The second-order valence-electron chi connectivity index (χ2n) is 7.88. The lowest BCUT2D eigenvalue weighted by molar-refractivity contribution is 0.177. The van der Waals surface area contributed by atoms with Crippen LogP contribution in [0.5, 0.6) is 0 Å². The van der Waals surface area contributed by atoms with E-state index in [1.807, 2.05) is 0 Å². The van der Waals surface area contributed by atoms with E-state index in [0.29, 0.717) is 5.41 Å². The molecule has 1 saturated carbocycles. The van der Waals surface area contributed by atoms with Crippen molar-refractivity contribution in [3.8, 4) is 0 Å². The maximum Gasteiger partial charge on any atom is 0.0705 e. The van der Waals surface area contributed by atoms with Crippen LogP contribution in [-0.4, -0.2) is 4.08 Å². The van der Waals surface area contributed by atoms with E-state index in [0.717, 1.165) is 5.92 Å². The first kappa shape index (κ1) is 17.9. The van der Waals surface area contributed by atoms with Crippen molar-refractivity contribution in [2.24, 2.45) is 11.3 Å². The summed E-state index contributed by atoms with van der Waals surface area (Å²) in [6.45, 7) is 7.21. The fourth-order valence-corrected chi connectivity index (χ4v) is 6.62. The van der Waals surface area contributed by atoms with Gasteiger partial charge in [0.25, 0.3) is 0 Å². The topological polar surface area (TPSA) is 0 Å². The molecule has 1 fully saturated rings. The van der Waals surface area contributed by atoms with E-state index in [4.69, 9.17) is 0 Å². The van der Waals surface area contributed by atoms with Crippen LogP contribution in [0.15, 0.2) is 70.5 Å². The Morgan fingerprint density at radius 1 is 0.750 bits per heavy atom. The molecule has 0 unspecified atom stereocenters. The third-order valence-corrected chi connectivity index (χ3v) is 8.14. The lowest BCUT2D eigenvalue weighted by atomic mass is 9.72. The van der Waals surface area contributed by atoms with E-state index in [2.05, 4.69) is 105 Å². The minimum absolute atomic E-state index is 0.268. The van der Waals surface area contributed by atoms with Gasteiger partial charge in [0, 0.05) is 9.79 Å². The lowest BCUT2D eigenvalue weighted by Crippen LogP contribution is -2.32. The van der Waals surface area contributed by atoms with Crippen LogP contribution in [0.3, 0.4) is 0 Å². The molecule has 0 N–H and O–H groups in total. The molecular weight excluding hydrogens is 328 g/mol. The van der Waals surface area contributed by atoms with Crippen molar-refractivity contribution in [2.45, 2.75) is 60.3 Å². The summed E-state index contributed by atoms with van der Waals surface area (Å²) in [4.78, 5) is 2.80. The second-order valence-corrected chi connectivity index (χ2v) is 11.1. The highest BCUT2D eigenvalue weighted by Gasteiger charge is 2.40. The van der Waals surface area contributed by atoms with Crippen LogP contribution in [-0.2, 0) is 0 Å². The first-order valence-electron chi connectivity index (χ1n) is 8.95. The molecule has 1 aliphatic carbocycles. The maximum absolute atomic E-state index is 2.40. The normalized spacial score (nSPS) is 18.5. The largest absolute Gasteiger partial charge is 0.108 e. The minimum Gasteiger partial charge on any atom is -0.108 e. The van der Waals surface area contributed by atoms with Crippen LogP contribution in [0.1, 0.15) is 46.5 Å². The Labute approximate surface area is 155 Å². The lowest BCUT2D eigenvalue weighted by Gasteiger charge is -2.43. The minimum atomic E-state index is 0.268. The Kier molecular flexibility index (Phi) is 5.66. The van der Waals surface area contributed by atoms with Crippen molar-refractivity contribution in [3.63, 3.8) is 0 Å². The van der Waals surface area contributed by atoms with Gasteiger partial charge in [0.1, 0.15) is 0 Å². The SMILES string of the molecule is CC(C)(C)C1CCC(Sc2ccccc2)(Sc2ccccc2)CC1. The third kappa shape index (κ3) is 4.61. The molecule has 2 aromatic rings. The van der Waals surface area contributed by atoms with Gasteiger partial charge in [-0.1, -0.05) is 57.2 Å². The predicted molar refractivity (Wildman–Crippen MR) is 109 cm³/mol. The third-order valence-electron chi connectivity index (χ3n) is 5.07. The second kappa shape index (κ2) is 7.58. The van der Waals surface area contributed by atoms with Gasteiger partial charge in [-0.05, 0) is 61.3 Å². The van der Waals surface area contributed by atoms with Crippen LogP contribution in [0, 0.1) is 11.3 Å². The van der Waals surface area contributed by atoms with E-state index in [9.17, 15) is 0 Å². The molecule has 3 rings (SSSR count). The van der Waals surface area contributed by atoms with Crippen LogP contribution in [0.2, 0.25) is 0 Å². The first-order valence-corrected chi connectivity index (χ1v) is 10.6. The molecule has 0 bridgehead atoms. The molecule has 0 aromatic heterocycles. The Morgan fingerprint density at radius 2 is 1.17 bits per heavy atom. The fourth-order valence-electron chi connectivity index (χ4n) is 3.56. The molecule has 0 atom stereocenters. The molecule has 0 radical (unpaired) electrons. The maximum atomic E-state index is 2.40. The summed E-state index contributed by atoms with van der Waals surface area (Å²) in [5.74, 6) is 0.846. The number of thioether (sulfide) groups is 2. The zero-order valence-corrected chi connectivity index (χ0v) is 16.6. The van der Waals surface area contributed by atoms with Crippen LogP contribution < -0.4 is 0 Å². The summed E-state index contributed by atoms with van der Waals surface area (Å²) in [6, 6.07) is 21.9. The fraction of sp³-hybridized carbons (Fsp3) is 0.455. The van der Waals surface area contributed by atoms with Crippen molar-refractivity contribution in [3.05, 3.63) is 60.7 Å². The molecule has 0 spiro atoms. The Balaban J connectivity index is 1.80. The molecule has 0 heterocycles. The van der Waals surface area contributed by atoms with E-state index < -0.39 is 0 Å². The zero-order chi connectivity index (χ0) is 17.0. The highest BCUT2D eigenvalue weighted by atomic mass is 32.2. The molecule has 2 aromatic carbocycles. The highest BCUT2D eigenvalue weighted by molar-refractivity contribution is 8.18. The summed E-state index contributed by atoms with van der Waals surface area (Å²) < 4.78 is 0.268. The molecule has 0 aliphatic heterocycles. The van der Waals surface area contributed by atoms with Crippen LogP contribution in [0.4, 0.5) is 0 Å². The summed E-state index contributed by atoms with van der Waals surface area (Å²) in [6.07, 6.45) is 5.24. The molecular formula is C22H28S2. The number of hydrogen-bond acceptors (Lipinski definition) is 2. The van der Waals surface area contributed by atoms with Gasteiger partial charge in [-0.3, -0.25) is 0 Å². The average molecular weight is 357 g/mol. The highest BCUT2D eigenvalue weighted by Crippen LogP contribution is 2.56. The van der Waals surface area contributed by atoms with Crippen molar-refractivity contribution in [2.75, 3.05) is 0 Å². The zero-order valence-electron chi connectivity index (χ0n) is 15.0. The number of hydrogen-bond donors (Lipinski definition) is 0. The van der Waals surface area contributed by atoms with Gasteiger partial charge in [-0.2, -0.15) is 0 Å². The average Bonchev–Trinajstić information content (AvgIpc) is 2.56. The molecule has 0 saturated heterocycles. The molecule has 0 nitrogen and oxygen atoms in total. The standard InChI is InChI=1S/C22H28S2/c1-21(2,3)18-14-16-22(17-15-18,23-19-10-6-4-7-11-19)24-20-12-8-5-9-13-20/h4-13,18H,14-17H2,1-3H3. The van der Waals surface area contributed by atoms with Crippen molar-refractivity contribution in [1.29, 1.82) is 0 Å². The van der Waals surface area contributed by atoms with E-state index in [1.165, 1.54) is 35.5 Å². The smallest absolute Gasteiger partial charge is 0.0705 e. The van der Waals surface area contributed by atoms with E-state index in [-0.39, 0.29) is 4.08 Å². The summed E-state index contributed by atoms with van der Waals surface area (Å²) >= 11 is 4.16. The van der Waals surface area contributed by atoms with E-state index >= 15 is 0 Å². The first-order chi connectivity index (χ1) is 11.5. The van der Waals surface area contributed by atoms with E-state index in [1.54, 1.807) is 0 Å².